The quantitative estimate of drug-likeness (QED) is 0.582. The molecule has 1 aliphatic rings. The van der Waals surface area contributed by atoms with E-state index in [0.717, 1.165) is 18.4 Å². The van der Waals surface area contributed by atoms with Crippen LogP contribution in [0.15, 0.2) is 4.99 Å². The number of aliphatic imine (C=N–C) groups is 1. The largest absolute Gasteiger partial charge is 0.357 e. The molecule has 1 rings (SSSR count). The van der Waals surface area contributed by atoms with Crippen molar-refractivity contribution >= 4 is 16.8 Å². The van der Waals surface area contributed by atoms with Gasteiger partial charge in [0.25, 0.3) is 0 Å². The van der Waals surface area contributed by atoms with Crippen molar-refractivity contribution < 1.29 is 4.21 Å². The van der Waals surface area contributed by atoms with Crippen LogP contribution in [0, 0.1) is 5.92 Å². The highest BCUT2D eigenvalue weighted by Crippen LogP contribution is 2.26. The highest BCUT2D eigenvalue weighted by atomic mass is 32.2. The number of hydrogen-bond acceptors (Lipinski definition) is 2. The van der Waals surface area contributed by atoms with E-state index in [-0.39, 0.29) is 4.75 Å². The van der Waals surface area contributed by atoms with Gasteiger partial charge in [-0.3, -0.25) is 9.20 Å². The molecule has 0 aromatic heterocycles. The van der Waals surface area contributed by atoms with Crippen molar-refractivity contribution in [2.45, 2.75) is 77.5 Å². The molecule has 0 aliphatic heterocycles. The molecule has 0 spiro atoms. The number of nitrogens with zero attached hydrogens (tertiary/aromatic N) is 1. The molecule has 0 aromatic carbocycles. The molecule has 22 heavy (non-hydrogen) atoms. The Kier molecular flexibility index (Phi) is 8.44. The first kappa shape index (κ1) is 19.5. The molecule has 1 saturated carbocycles. The molecule has 1 fully saturated rings. The Morgan fingerprint density at radius 1 is 1.27 bits per heavy atom. The van der Waals surface area contributed by atoms with Crippen LogP contribution in [0.5, 0.6) is 0 Å². The second kappa shape index (κ2) is 9.53. The van der Waals surface area contributed by atoms with Crippen molar-refractivity contribution in [3.05, 3.63) is 0 Å². The van der Waals surface area contributed by atoms with E-state index in [9.17, 15) is 4.21 Å². The molecule has 130 valence electrons. The lowest BCUT2D eigenvalue weighted by Gasteiger charge is -2.30. The fourth-order valence-electron chi connectivity index (χ4n) is 2.85. The predicted molar refractivity (Wildman–Crippen MR) is 97.9 cm³/mol. The molecule has 0 saturated heterocycles. The van der Waals surface area contributed by atoms with Crippen molar-refractivity contribution in [2.75, 3.05) is 18.8 Å². The van der Waals surface area contributed by atoms with Gasteiger partial charge in [0, 0.05) is 33.9 Å². The summed E-state index contributed by atoms with van der Waals surface area (Å²) in [4.78, 5) is 4.61. The van der Waals surface area contributed by atoms with E-state index >= 15 is 0 Å². The van der Waals surface area contributed by atoms with Gasteiger partial charge in [-0.15, -0.1) is 0 Å². The van der Waals surface area contributed by atoms with Crippen molar-refractivity contribution in [1.82, 2.24) is 10.6 Å². The normalized spacial score (nSPS) is 24.9. The Bertz CT molecular complexity index is 377. The van der Waals surface area contributed by atoms with E-state index < -0.39 is 10.8 Å². The molecule has 2 N–H and O–H groups in total. The van der Waals surface area contributed by atoms with Gasteiger partial charge in [-0.25, -0.2) is 0 Å². The van der Waals surface area contributed by atoms with Crippen LogP contribution in [0.25, 0.3) is 0 Å². The van der Waals surface area contributed by atoms with Gasteiger partial charge in [0.1, 0.15) is 0 Å². The van der Waals surface area contributed by atoms with Gasteiger partial charge in [0.05, 0.1) is 6.54 Å². The lowest BCUT2D eigenvalue weighted by molar-refractivity contribution is 0.298. The van der Waals surface area contributed by atoms with Crippen LogP contribution in [0.1, 0.15) is 66.7 Å². The van der Waals surface area contributed by atoms with Gasteiger partial charge >= 0.3 is 0 Å². The Balaban J connectivity index is 2.50. The van der Waals surface area contributed by atoms with Crippen LogP contribution in [0.4, 0.5) is 0 Å². The maximum atomic E-state index is 12.1. The summed E-state index contributed by atoms with van der Waals surface area (Å²) in [5.41, 5.74) is 0. The highest BCUT2D eigenvalue weighted by Gasteiger charge is 2.22. The predicted octanol–water partition coefficient (Wildman–Crippen LogP) is 3.06. The van der Waals surface area contributed by atoms with Gasteiger partial charge in [-0.2, -0.15) is 0 Å². The fourth-order valence-corrected chi connectivity index (χ4v) is 3.72. The summed E-state index contributed by atoms with van der Waals surface area (Å²) in [5, 5.41) is 6.89. The molecule has 4 nitrogen and oxygen atoms in total. The Morgan fingerprint density at radius 3 is 2.59 bits per heavy atom. The highest BCUT2D eigenvalue weighted by molar-refractivity contribution is 7.86. The van der Waals surface area contributed by atoms with Crippen LogP contribution in [0.3, 0.4) is 0 Å². The summed E-state index contributed by atoms with van der Waals surface area (Å²) in [6, 6.07) is 0.532. The molecule has 0 amide bonds. The number of guanidine groups is 1. The maximum absolute atomic E-state index is 12.1. The molecule has 0 radical (unpaired) electrons. The Labute approximate surface area is 139 Å². The topological polar surface area (TPSA) is 53.5 Å². The third kappa shape index (κ3) is 7.12. The van der Waals surface area contributed by atoms with Gasteiger partial charge in [0.2, 0.25) is 0 Å². The van der Waals surface area contributed by atoms with Gasteiger partial charge in [-0.05, 0) is 46.5 Å². The van der Waals surface area contributed by atoms with Crippen molar-refractivity contribution in [3.8, 4) is 0 Å². The number of nitrogens with one attached hydrogen (secondary N) is 2. The maximum Gasteiger partial charge on any atom is 0.191 e. The van der Waals surface area contributed by atoms with Crippen LogP contribution >= 0.6 is 0 Å². The van der Waals surface area contributed by atoms with Crippen molar-refractivity contribution in [1.29, 1.82) is 0 Å². The Hall–Kier alpha value is -0.580. The summed E-state index contributed by atoms with van der Waals surface area (Å²) < 4.78 is 11.9. The van der Waals surface area contributed by atoms with Crippen LogP contribution < -0.4 is 10.6 Å². The van der Waals surface area contributed by atoms with Crippen molar-refractivity contribution in [2.24, 2.45) is 10.9 Å². The molecule has 5 heteroatoms. The average molecular weight is 330 g/mol. The first-order chi connectivity index (χ1) is 10.4. The lowest BCUT2D eigenvalue weighted by Crippen LogP contribution is -2.45. The second-order valence-electron chi connectivity index (χ2n) is 7.20. The number of hydrogen-bond donors (Lipinski definition) is 2. The van der Waals surface area contributed by atoms with Crippen LogP contribution in [0.2, 0.25) is 0 Å². The first-order valence-corrected chi connectivity index (χ1v) is 10.1. The molecule has 3 atom stereocenters. The summed E-state index contributed by atoms with van der Waals surface area (Å²) in [5.74, 6) is 2.36. The van der Waals surface area contributed by atoms with E-state index in [4.69, 9.17) is 0 Å². The molecule has 0 bridgehead atoms. The minimum Gasteiger partial charge on any atom is -0.357 e. The fraction of sp³-hybridized carbons (Fsp3) is 0.941. The van der Waals surface area contributed by atoms with E-state index in [2.05, 4.69) is 29.5 Å². The van der Waals surface area contributed by atoms with Gasteiger partial charge < -0.3 is 10.6 Å². The minimum atomic E-state index is -0.834. The van der Waals surface area contributed by atoms with Gasteiger partial charge in [0.15, 0.2) is 5.96 Å². The molecular formula is C17H35N3OS. The monoisotopic (exact) mass is 329 g/mol. The van der Waals surface area contributed by atoms with E-state index in [0.29, 0.717) is 18.3 Å². The van der Waals surface area contributed by atoms with E-state index in [1.165, 1.54) is 32.1 Å². The smallest absolute Gasteiger partial charge is 0.191 e. The zero-order valence-electron chi connectivity index (χ0n) is 15.1. The number of rotatable bonds is 6. The zero-order chi connectivity index (χ0) is 16.6. The molecule has 0 heterocycles. The zero-order valence-corrected chi connectivity index (χ0v) is 15.9. The molecule has 0 aromatic rings. The minimum absolute atomic E-state index is 0.154. The Morgan fingerprint density at radius 2 is 2.00 bits per heavy atom. The first-order valence-electron chi connectivity index (χ1n) is 8.80. The third-order valence-electron chi connectivity index (χ3n) is 4.27. The summed E-state index contributed by atoms with van der Waals surface area (Å²) >= 11 is 0. The summed E-state index contributed by atoms with van der Waals surface area (Å²) in [7, 11) is -0.834. The van der Waals surface area contributed by atoms with Crippen LogP contribution in [-0.2, 0) is 10.8 Å². The average Bonchev–Trinajstić information content (AvgIpc) is 2.46. The second-order valence-corrected chi connectivity index (χ2v) is 9.53. The lowest BCUT2D eigenvalue weighted by atomic mass is 9.84. The molecule has 1 aliphatic carbocycles. The molecular weight excluding hydrogens is 294 g/mol. The third-order valence-corrected chi connectivity index (χ3v) is 6.19. The van der Waals surface area contributed by atoms with Gasteiger partial charge in [-0.1, -0.05) is 26.2 Å². The molecule has 3 unspecified atom stereocenters. The summed E-state index contributed by atoms with van der Waals surface area (Å²) in [6.45, 7) is 11.9. The van der Waals surface area contributed by atoms with Crippen LogP contribution in [-0.4, -0.2) is 39.8 Å². The van der Waals surface area contributed by atoms with E-state index in [1.54, 1.807) is 0 Å². The van der Waals surface area contributed by atoms with Crippen molar-refractivity contribution in [3.63, 3.8) is 0 Å². The SMILES string of the molecule is CCNC(=NCCS(=O)C(C)(C)C)NC1CCCC(CC)C1. The summed E-state index contributed by atoms with van der Waals surface area (Å²) in [6.07, 6.45) is 6.43. The van der Waals surface area contributed by atoms with E-state index in [1.807, 2.05) is 20.8 Å². The standard InChI is InChI=1S/C17H35N3OS/c1-6-14-9-8-10-15(13-14)20-16(18-7-2)19-11-12-22(21)17(3,4)5/h14-15H,6-13H2,1-5H3,(H2,18,19,20).